The van der Waals surface area contributed by atoms with Crippen molar-refractivity contribution < 1.29 is 22.8 Å². The molecular weight excluding hydrogens is 249 g/mol. The van der Waals surface area contributed by atoms with E-state index in [0.717, 1.165) is 5.56 Å². The molecule has 0 heterocycles. The highest BCUT2D eigenvalue weighted by atomic mass is 19.4. The van der Waals surface area contributed by atoms with Crippen molar-refractivity contribution in [3.05, 3.63) is 35.4 Å². The van der Waals surface area contributed by atoms with Gasteiger partial charge in [0.15, 0.2) is 12.3 Å². The van der Waals surface area contributed by atoms with E-state index in [2.05, 4.69) is 9.99 Å². The minimum atomic E-state index is -4.67. The third-order valence-electron chi connectivity index (χ3n) is 1.96. The molecule has 0 bridgehead atoms. The number of primary amides is 1. The first-order valence-corrected chi connectivity index (χ1v) is 4.93. The van der Waals surface area contributed by atoms with Gasteiger partial charge in [0.2, 0.25) is 0 Å². The molecule has 0 saturated heterocycles. The van der Waals surface area contributed by atoms with Crippen LogP contribution < -0.4 is 5.73 Å². The molecule has 0 fully saturated rings. The van der Waals surface area contributed by atoms with Crippen LogP contribution in [0.1, 0.15) is 11.1 Å². The van der Waals surface area contributed by atoms with Crippen molar-refractivity contribution in [3.8, 4) is 0 Å². The smallest absolute Gasteiger partial charge is 0.385 e. The monoisotopic (exact) mass is 260 g/mol. The van der Waals surface area contributed by atoms with Crippen LogP contribution in [0.4, 0.5) is 13.2 Å². The van der Waals surface area contributed by atoms with E-state index < -0.39 is 24.4 Å². The topological polar surface area (TPSA) is 64.7 Å². The quantitative estimate of drug-likeness (QED) is 0.662. The molecule has 1 aromatic carbocycles. The lowest BCUT2D eigenvalue weighted by Crippen LogP contribution is -2.25. The van der Waals surface area contributed by atoms with Crippen molar-refractivity contribution >= 4 is 11.6 Å². The number of carbonyl (C=O) groups is 1. The molecule has 98 valence electrons. The molecular formula is C11H11F3N2O2. The first-order chi connectivity index (χ1) is 8.30. The number of oxime groups is 1. The predicted octanol–water partition coefficient (Wildman–Crippen LogP) is 1.76. The molecule has 1 rings (SSSR count). The van der Waals surface area contributed by atoms with Gasteiger partial charge in [-0.15, -0.1) is 0 Å². The van der Waals surface area contributed by atoms with Crippen LogP contribution in [0.3, 0.4) is 0 Å². The van der Waals surface area contributed by atoms with E-state index in [1.165, 1.54) is 24.3 Å². The highest BCUT2D eigenvalue weighted by Crippen LogP contribution is 2.23. The largest absolute Gasteiger partial charge is 0.437 e. The van der Waals surface area contributed by atoms with Gasteiger partial charge in [-0.25, -0.2) is 0 Å². The van der Waals surface area contributed by atoms with Crippen LogP contribution in [-0.2, 0) is 9.63 Å². The number of nitrogens with two attached hydrogens (primary N) is 1. The van der Waals surface area contributed by atoms with Crippen LogP contribution in [0, 0.1) is 6.92 Å². The molecule has 0 aromatic heterocycles. The van der Waals surface area contributed by atoms with Crippen LogP contribution in [0.25, 0.3) is 0 Å². The van der Waals surface area contributed by atoms with Gasteiger partial charge in [0.1, 0.15) is 0 Å². The third-order valence-corrected chi connectivity index (χ3v) is 1.96. The lowest BCUT2D eigenvalue weighted by molar-refractivity contribution is -0.122. The predicted molar refractivity (Wildman–Crippen MR) is 58.9 cm³/mol. The van der Waals surface area contributed by atoms with E-state index in [1.54, 1.807) is 6.92 Å². The van der Waals surface area contributed by atoms with E-state index in [-0.39, 0.29) is 5.56 Å². The van der Waals surface area contributed by atoms with E-state index in [9.17, 15) is 18.0 Å². The van der Waals surface area contributed by atoms with E-state index in [1.807, 2.05) is 0 Å². The number of hydrogen-bond donors (Lipinski definition) is 1. The van der Waals surface area contributed by atoms with Crippen molar-refractivity contribution in [1.29, 1.82) is 0 Å². The summed E-state index contributed by atoms with van der Waals surface area (Å²) in [6, 6.07) is 5.58. The fourth-order valence-corrected chi connectivity index (χ4v) is 1.14. The van der Waals surface area contributed by atoms with E-state index in [0.29, 0.717) is 0 Å². The number of hydrogen-bond acceptors (Lipinski definition) is 3. The summed E-state index contributed by atoms with van der Waals surface area (Å²) in [5, 5.41) is 2.93. The average molecular weight is 260 g/mol. The Morgan fingerprint density at radius 2 is 1.89 bits per heavy atom. The van der Waals surface area contributed by atoms with Crippen LogP contribution in [0.5, 0.6) is 0 Å². The normalized spacial score (nSPS) is 12.3. The highest BCUT2D eigenvalue weighted by molar-refractivity contribution is 6.04. The molecule has 18 heavy (non-hydrogen) atoms. The van der Waals surface area contributed by atoms with Gasteiger partial charge in [0.05, 0.1) is 0 Å². The summed E-state index contributed by atoms with van der Waals surface area (Å²) in [5.74, 6) is -0.899. The Bertz CT molecular complexity index is 452. The summed E-state index contributed by atoms with van der Waals surface area (Å²) in [4.78, 5) is 14.6. The lowest BCUT2D eigenvalue weighted by Gasteiger charge is -2.10. The zero-order valence-electron chi connectivity index (χ0n) is 9.49. The van der Waals surface area contributed by atoms with Crippen LogP contribution in [0.15, 0.2) is 29.4 Å². The summed E-state index contributed by atoms with van der Waals surface area (Å²) in [7, 11) is 0. The molecule has 0 radical (unpaired) electrons. The number of halogens is 3. The van der Waals surface area contributed by atoms with Gasteiger partial charge in [0, 0.05) is 5.56 Å². The number of carbonyl (C=O) groups excluding carboxylic acids is 1. The van der Waals surface area contributed by atoms with Crippen molar-refractivity contribution in [1.82, 2.24) is 0 Å². The Hall–Kier alpha value is -2.05. The van der Waals surface area contributed by atoms with Gasteiger partial charge in [-0.3, -0.25) is 4.79 Å². The Labute approximate surface area is 101 Å². The number of alkyl halides is 3. The maximum Gasteiger partial charge on any atom is 0.437 e. The SMILES string of the molecule is Cc1ccc(C(=NOCC(N)=O)C(F)(F)F)cc1. The standard InChI is InChI=1S/C11H11F3N2O2/c1-7-2-4-8(5-3-7)10(11(12,13)14)16-18-6-9(15)17/h2-5H,6H2,1H3,(H2,15,17). The molecule has 0 aliphatic rings. The summed E-state index contributed by atoms with van der Waals surface area (Å²) in [6.07, 6.45) is -4.67. The van der Waals surface area contributed by atoms with Crippen molar-refractivity contribution in [2.24, 2.45) is 10.9 Å². The molecule has 7 heteroatoms. The molecule has 4 nitrogen and oxygen atoms in total. The first kappa shape index (κ1) is 14.0. The number of amides is 1. The second-order valence-corrected chi connectivity index (χ2v) is 3.54. The van der Waals surface area contributed by atoms with Gasteiger partial charge < -0.3 is 10.6 Å². The third kappa shape index (κ3) is 4.08. The molecule has 0 atom stereocenters. The molecule has 1 aromatic rings. The van der Waals surface area contributed by atoms with Gasteiger partial charge in [0.25, 0.3) is 5.91 Å². The van der Waals surface area contributed by atoms with E-state index in [4.69, 9.17) is 5.73 Å². The molecule has 0 aliphatic carbocycles. The van der Waals surface area contributed by atoms with Crippen LogP contribution in [-0.4, -0.2) is 24.4 Å². The zero-order valence-corrected chi connectivity index (χ0v) is 9.49. The fourth-order valence-electron chi connectivity index (χ4n) is 1.14. The Kier molecular flexibility index (Phi) is 4.30. The minimum Gasteiger partial charge on any atom is -0.385 e. The Morgan fingerprint density at radius 1 is 1.33 bits per heavy atom. The first-order valence-electron chi connectivity index (χ1n) is 4.93. The van der Waals surface area contributed by atoms with Crippen LogP contribution in [0.2, 0.25) is 0 Å². The summed E-state index contributed by atoms with van der Waals surface area (Å²) in [6.45, 7) is 1.04. The highest BCUT2D eigenvalue weighted by Gasteiger charge is 2.37. The van der Waals surface area contributed by atoms with Crippen LogP contribution >= 0.6 is 0 Å². The Morgan fingerprint density at radius 3 is 2.33 bits per heavy atom. The summed E-state index contributed by atoms with van der Waals surface area (Å²) >= 11 is 0. The van der Waals surface area contributed by atoms with Crippen molar-refractivity contribution in [2.45, 2.75) is 13.1 Å². The summed E-state index contributed by atoms with van der Waals surface area (Å²) < 4.78 is 38.1. The molecule has 0 unspecified atom stereocenters. The molecule has 2 N–H and O–H groups in total. The summed E-state index contributed by atoms with van der Waals surface area (Å²) in [5.41, 5.74) is 4.20. The Balaban J connectivity index is 2.99. The lowest BCUT2D eigenvalue weighted by atomic mass is 10.1. The maximum absolute atomic E-state index is 12.7. The minimum absolute atomic E-state index is 0.141. The second kappa shape index (κ2) is 5.52. The van der Waals surface area contributed by atoms with Crippen molar-refractivity contribution in [2.75, 3.05) is 6.61 Å². The van der Waals surface area contributed by atoms with Gasteiger partial charge in [-0.1, -0.05) is 35.0 Å². The van der Waals surface area contributed by atoms with Crippen molar-refractivity contribution in [3.63, 3.8) is 0 Å². The molecule has 0 saturated carbocycles. The number of nitrogens with zero attached hydrogens (tertiary/aromatic N) is 1. The second-order valence-electron chi connectivity index (χ2n) is 3.54. The molecule has 0 aliphatic heterocycles. The van der Waals surface area contributed by atoms with E-state index >= 15 is 0 Å². The number of aryl methyl sites for hydroxylation is 1. The number of rotatable bonds is 4. The fraction of sp³-hybridized carbons (Fsp3) is 0.273. The average Bonchev–Trinajstić information content (AvgIpc) is 2.24. The van der Waals surface area contributed by atoms with Gasteiger partial charge >= 0.3 is 6.18 Å². The van der Waals surface area contributed by atoms with Gasteiger partial charge in [-0.2, -0.15) is 13.2 Å². The molecule has 0 spiro atoms. The number of benzene rings is 1. The van der Waals surface area contributed by atoms with Gasteiger partial charge in [-0.05, 0) is 6.92 Å². The molecule has 1 amide bonds. The zero-order chi connectivity index (χ0) is 13.8. The maximum atomic E-state index is 12.7.